The van der Waals surface area contributed by atoms with Crippen LogP contribution in [-0.4, -0.2) is 18.2 Å². The Morgan fingerprint density at radius 2 is 2.14 bits per heavy atom. The van der Waals surface area contributed by atoms with Gasteiger partial charge < -0.3 is 5.32 Å². The summed E-state index contributed by atoms with van der Waals surface area (Å²) in [5, 5.41) is 8.40. The molecule has 0 unspecified atom stereocenters. The van der Waals surface area contributed by atoms with Crippen LogP contribution < -0.4 is 5.32 Å². The number of hydrogen-bond donors (Lipinski definition) is 1. The van der Waals surface area contributed by atoms with Crippen LogP contribution in [0.3, 0.4) is 0 Å². The highest BCUT2D eigenvalue weighted by Gasteiger charge is 2.09. The fourth-order valence-corrected chi connectivity index (χ4v) is 4.54. The average Bonchev–Trinajstić information content (AvgIpc) is 3.15. The number of fused-ring (bicyclic) bond motifs is 1. The Morgan fingerprint density at radius 3 is 2.95 bits per heavy atom. The summed E-state index contributed by atoms with van der Waals surface area (Å²) in [4.78, 5) is 12.9. The molecule has 21 heavy (non-hydrogen) atoms. The molecule has 1 aromatic carbocycles. The van der Waals surface area contributed by atoms with Crippen LogP contribution in [0, 0.1) is 0 Å². The molecule has 0 bridgehead atoms. The maximum Gasteiger partial charge on any atom is 0.261 e. The lowest BCUT2D eigenvalue weighted by molar-refractivity contribution is 0.0960. The van der Waals surface area contributed by atoms with Crippen molar-refractivity contribution in [1.29, 1.82) is 0 Å². The van der Waals surface area contributed by atoms with Gasteiger partial charge in [-0.15, -0.1) is 11.3 Å². The standard InChI is InChI=1S/C16H15NOS3/c18-16(15-9-13-3-1-2-4-14(13)21-15)17-6-8-20-11-12-5-7-19-10-12/h1-5,7,9-10H,6,8,11H2,(H,17,18). The lowest BCUT2D eigenvalue weighted by atomic mass is 10.2. The van der Waals surface area contributed by atoms with Gasteiger partial charge in [0.1, 0.15) is 0 Å². The summed E-state index contributed by atoms with van der Waals surface area (Å²) in [5.41, 5.74) is 1.36. The molecule has 0 fully saturated rings. The number of thioether (sulfide) groups is 1. The van der Waals surface area contributed by atoms with Gasteiger partial charge in [0.15, 0.2) is 0 Å². The van der Waals surface area contributed by atoms with Gasteiger partial charge in [0.05, 0.1) is 4.88 Å². The van der Waals surface area contributed by atoms with E-state index >= 15 is 0 Å². The molecule has 0 aliphatic carbocycles. The summed E-state index contributed by atoms with van der Waals surface area (Å²) in [6, 6.07) is 12.2. The molecule has 1 amide bonds. The molecule has 0 spiro atoms. The molecule has 0 aliphatic rings. The van der Waals surface area contributed by atoms with Gasteiger partial charge in [0, 0.05) is 22.8 Å². The van der Waals surface area contributed by atoms with E-state index in [-0.39, 0.29) is 5.91 Å². The Morgan fingerprint density at radius 1 is 1.24 bits per heavy atom. The number of thiophene rings is 2. The molecule has 0 atom stereocenters. The average molecular weight is 334 g/mol. The summed E-state index contributed by atoms with van der Waals surface area (Å²) in [7, 11) is 0. The largest absolute Gasteiger partial charge is 0.351 e. The van der Waals surface area contributed by atoms with Crippen molar-refractivity contribution in [3.05, 3.63) is 57.6 Å². The Kier molecular flexibility index (Phi) is 4.95. The summed E-state index contributed by atoms with van der Waals surface area (Å²) < 4.78 is 1.16. The van der Waals surface area contributed by atoms with E-state index in [1.54, 1.807) is 22.7 Å². The maximum atomic E-state index is 12.1. The summed E-state index contributed by atoms with van der Waals surface area (Å²) >= 11 is 5.12. The van der Waals surface area contributed by atoms with Gasteiger partial charge in [-0.2, -0.15) is 23.1 Å². The van der Waals surface area contributed by atoms with Gasteiger partial charge in [-0.1, -0.05) is 18.2 Å². The molecule has 2 aromatic heterocycles. The van der Waals surface area contributed by atoms with Crippen molar-refractivity contribution in [3.63, 3.8) is 0 Å². The molecule has 2 heterocycles. The topological polar surface area (TPSA) is 29.1 Å². The molecular weight excluding hydrogens is 318 g/mol. The van der Waals surface area contributed by atoms with E-state index in [0.717, 1.165) is 26.5 Å². The van der Waals surface area contributed by atoms with Crippen molar-refractivity contribution in [2.45, 2.75) is 5.75 Å². The van der Waals surface area contributed by atoms with E-state index < -0.39 is 0 Å². The molecule has 3 rings (SSSR count). The van der Waals surface area contributed by atoms with Crippen molar-refractivity contribution >= 4 is 50.4 Å². The molecule has 3 aromatic rings. The fourth-order valence-electron chi connectivity index (χ4n) is 1.98. The lowest BCUT2D eigenvalue weighted by Gasteiger charge is -2.03. The van der Waals surface area contributed by atoms with Gasteiger partial charge in [-0.25, -0.2) is 0 Å². The van der Waals surface area contributed by atoms with Crippen LogP contribution in [0.1, 0.15) is 15.2 Å². The fraction of sp³-hybridized carbons (Fsp3) is 0.188. The first-order valence-electron chi connectivity index (χ1n) is 6.68. The van der Waals surface area contributed by atoms with Crippen molar-refractivity contribution in [3.8, 4) is 0 Å². The van der Waals surface area contributed by atoms with Gasteiger partial charge in [-0.3, -0.25) is 4.79 Å². The van der Waals surface area contributed by atoms with Crippen LogP contribution in [0.15, 0.2) is 47.2 Å². The second-order valence-corrected chi connectivity index (χ2v) is 7.56. The van der Waals surface area contributed by atoms with Crippen LogP contribution in [0.5, 0.6) is 0 Å². The van der Waals surface area contributed by atoms with Crippen molar-refractivity contribution in [2.24, 2.45) is 0 Å². The third-order valence-corrected chi connectivity index (χ3v) is 5.91. The minimum absolute atomic E-state index is 0.0346. The predicted octanol–water partition coefficient (Wildman–Crippen LogP) is 4.63. The molecule has 0 saturated carbocycles. The zero-order chi connectivity index (χ0) is 14.5. The Hall–Kier alpha value is -1.30. The van der Waals surface area contributed by atoms with Crippen LogP contribution in [0.25, 0.3) is 10.1 Å². The second kappa shape index (κ2) is 7.11. The summed E-state index contributed by atoms with van der Waals surface area (Å²) in [5.74, 6) is 1.99. The van der Waals surface area contributed by atoms with E-state index in [2.05, 4.69) is 22.1 Å². The van der Waals surface area contributed by atoms with Gasteiger partial charge in [-0.05, 0) is 39.9 Å². The van der Waals surface area contributed by atoms with Crippen LogP contribution >= 0.6 is 34.4 Å². The zero-order valence-corrected chi connectivity index (χ0v) is 13.8. The number of rotatable bonds is 6. The van der Waals surface area contributed by atoms with Crippen LogP contribution in [0.2, 0.25) is 0 Å². The highest BCUT2D eigenvalue weighted by Crippen LogP contribution is 2.25. The van der Waals surface area contributed by atoms with E-state index in [0.29, 0.717) is 6.54 Å². The molecular formula is C16H15NOS3. The molecule has 0 saturated heterocycles. The lowest BCUT2D eigenvalue weighted by Crippen LogP contribution is -2.24. The predicted molar refractivity (Wildman–Crippen MR) is 94.6 cm³/mol. The third-order valence-electron chi connectivity index (χ3n) is 3.03. The highest BCUT2D eigenvalue weighted by atomic mass is 32.2. The monoisotopic (exact) mass is 333 g/mol. The van der Waals surface area contributed by atoms with Gasteiger partial charge in [0.25, 0.3) is 5.91 Å². The summed E-state index contributed by atoms with van der Waals surface area (Å²) in [6.45, 7) is 0.710. The Balaban J connectivity index is 1.45. The van der Waals surface area contributed by atoms with E-state index in [1.807, 2.05) is 42.1 Å². The van der Waals surface area contributed by atoms with Gasteiger partial charge >= 0.3 is 0 Å². The molecule has 2 nitrogen and oxygen atoms in total. The molecule has 1 N–H and O–H groups in total. The maximum absolute atomic E-state index is 12.1. The first kappa shape index (κ1) is 14.6. The van der Waals surface area contributed by atoms with E-state index in [4.69, 9.17) is 0 Å². The first-order chi connectivity index (χ1) is 10.3. The normalized spacial score (nSPS) is 10.9. The Labute approximate surface area is 136 Å². The van der Waals surface area contributed by atoms with Gasteiger partial charge in [0.2, 0.25) is 0 Å². The highest BCUT2D eigenvalue weighted by molar-refractivity contribution is 7.98. The molecule has 5 heteroatoms. The second-order valence-electron chi connectivity index (χ2n) is 4.59. The number of carbonyl (C=O) groups is 1. The third kappa shape index (κ3) is 3.87. The SMILES string of the molecule is O=C(NCCSCc1ccsc1)c1cc2ccccc2s1. The molecule has 0 aliphatic heterocycles. The number of hydrogen-bond acceptors (Lipinski definition) is 4. The minimum atomic E-state index is 0.0346. The molecule has 108 valence electrons. The quantitative estimate of drug-likeness (QED) is 0.667. The number of carbonyl (C=O) groups excluding carboxylic acids is 1. The van der Waals surface area contributed by atoms with E-state index in [9.17, 15) is 4.79 Å². The number of amides is 1. The zero-order valence-electron chi connectivity index (χ0n) is 11.4. The van der Waals surface area contributed by atoms with Crippen molar-refractivity contribution < 1.29 is 4.79 Å². The minimum Gasteiger partial charge on any atom is -0.351 e. The van der Waals surface area contributed by atoms with Crippen LogP contribution in [-0.2, 0) is 5.75 Å². The van der Waals surface area contributed by atoms with Crippen molar-refractivity contribution in [1.82, 2.24) is 5.32 Å². The van der Waals surface area contributed by atoms with Crippen LogP contribution in [0.4, 0.5) is 0 Å². The smallest absolute Gasteiger partial charge is 0.261 e. The van der Waals surface area contributed by atoms with E-state index in [1.165, 1.54) is 5.56 Å². The number of benzene rings is 1. The Bertz CT molecular complexity index is 685. The van der Waals surface area contributed by atoms with Crippen molar-refractivity contribution in [2.75, 3.05) is 12.3 Å². The number of nitrogens with one attached hydrogen (secondary N) is 1. The summed E-state index contributed by atoms with van der Waals surface area (Å²) in [6.07, 6.45) is 0. The first-order valence-corrected chi connectivity index (χ1v) is 9.60. The molecule has 0 radical (unpaired) electrons.